The van der Waals surface area contributed by atoms with Crippen molar-refractivity contribution in [2.24, 2.45) is 0 Å². The highest BCUT2D eigenvalue weighted by atomic mass is 19.1. The number of piperazine rings is 1. The van der Waals surface area contributed by atoms with Crippen LogP contribution < -0.4 is 0 Å². The standard InChI is InChI=1S/C14H16F2N2O3/c1-9(14(20)21)17-5-7-18(8-6-17)13(19)12-10(15)3-2-4-11(12)16/h2-4,9H,5-8H2,1H3,(H,20,21). The Morgan fingerprint density at radius 2 is 1.67 bits per heavy atom. The fourth-order valence-electron chi connectivity index (χ4n) is 2.33. The highest BCUT2D eigenvalue weighted by Crippen LogP contribution is 2.16. The first-order valence-corrected chi connectivity index (χ1v) is 6.62. The lowest BCUT2D eigenvalue weighted by Gasteiger charge is -2.36. The van der Waals surface area contributed by atoms with Crippen LogP contribution in [0, 0.1) is 11.6 Å². The highest BCUT2D eigenvalue weighted by molar-refractivity contribution is 5.94. The van der Waals surface area contributed by atoms with Crippen molar-refractivity contribution < 1.29 is 23.5 Å². The molecule has 0 saturated carbocycles. The number of benzene rings is 1. The molecule has 0 bridgehead atoms. The minimum absolute atomic E-state index is 0.240. The van der Waals surface area contributed by atoms with E-state index in [9.17, 15) is 18.4 Å². The predicted octanol–water partition coefficient (Wildman–Crippen LogP) is 1.20. The van der Waals surface area contributed by atoms with Gasteiger partial charge in [-0.3, -0.25) is 14.5 Å². The molecule has 114 valence electrons. The molecule has 1 aromatic rings. The molecule has 1 aromatic carbocycles. The van der Waals surface area contributed by atoms with E-state index in [2.05, 4.69) is 0 Å². The lowest BCUT2D eigenvalue weighted by Crippen LogP contribution is -2.53. The van der Waals surface area contributed by atoms with Crippen LogP contribution in [-0.4, -0.2) is 59.0 Å². The molecule has 21 heavy (non-hydrogen) atoms. The van der Waals surface area contributed by atoms with Gasteiger partial charge in [0.15, 0.2) is 0 Å². The van der Waals surface area contributed by atoms with Crippen LogP contribution >= 0.6 is 0 Å². The van der Waals surface area contributed by atoms with Gasteiger partial charge in [0.05, 0.1) is 0 Å². The third-order valence-corrected chi connectivity index (χ3v) is 3.68. The molecule has 1 unspecified atom stereocenters. The summed E-state index contributed by atoms with van der Waals surface area (Å²) in [4.78, 5) is 26.1. The molecule has 0 aromatic heterocycles. The van der Waals surface area contributed by atoms with Crippen molar-refractivity contribution in [1.82, 2.24) is 9.80 Å². The van der Waals surface area contributed by atoms with Crippen molar-refractivity contribution in [2.45, 2.75) is 13.0 Å². The maximum absolute atomic E-state index is 13.6. The molecule has 2 rings (SSSR count). The summed E-state index contributed by atoms with van der Waals surface area (Å²) in [6, 6.07) is 2.64. The van der Waals surface area contributed by atoms with Crippen molar-refractivity contribution in [3.63, 3.8) is 0 Å². The number of rotatable bonds is 3. The molecule has 1 N–H and O–H groups in total. The van der Waals surface area contributed by atoms with E-state index in [-0.39, 0.29) is 13.1 Å². The Kier molecular flexibility index (Phi) is 4.52. The summed E-state index contributed by atoms with van der Waals surface area (Å²) in [6.45, 7) is 2.76. The lowest BCUT2D eigenvalue weighted by molar-refractivity contribution is -0.143. The third kappa shape index (κ3) is 3.18. The van der Waals surface area contributed by atoms with Gasteiger partial charge in [-0.25, -0.2) is 8.78 Å². The molecule has 0 spiro atoms. The van der Waals surface area contributed by atoms with E-state index in [0.29, 0.717) is 13.1 Å². The van der Waals surface area contributed by atoms with Crippen LogP contribution in [0.5, 0.6) is 0 Å². The zero-order chi connectivity index (χ0) is 15.6. The van der Waals surface area contributed by atoms with Crippen molar-refractivity contribution >= 4 is 11.9 Å². The molecule has 0 radical (unpaired) electrons. The van der Waals surface area contributed by atoms with Crippen LogP contribution in [0.3, 0.4) is 0 Å². The summed E-state index contributed by atoms with van der Waals surface area (Å²) in [5, 5.41) is 8.94. The average molecular weight is 298 g/mol. The molecule has 1 aliphatic heterocycles. The molecular formula is C14H16F2N2O3. The monoisotopic (exact) mass is 298 g/mol. The van der Waals surface area contributed by atoms with Crippen LogP contribution in [-0.2, 0) is 4.79 Å². The Balaban J connectivity index is 2.06. The second-order valence-corrected chi connectivity index (χ2v) is 4.94. The predicted molar refractivity (Wildman–Crippen MR) is 70.9 cm³/mol. The zero-order valence-corrected chi connectivity index (χ0v) is 11.6. The summed E-state index contributed by atoms with van der Waals surface area (Å²) in [5.74, 6) is -3.41. The Morgan fingerprint density at radius 3 is 2.14 bits per heavy atom. The van der Waals surface area contributed by atoms with E-state index < -0.39 is 35.1 Å². The second kappa shape index (κ2) is 6.17. The number of halogens is 2. The maximum atomic E-state index is 13.6. The largest absolute Gasteiger partial charge is 0.480 e. The SMILES string of the molecule is CC(C(=O)O)N1CCN(C(=O)c2c(F)cccc2F)CC1. The third-order valence-electron chi connectivity index (χ3n) is 3.68. The van der Waals surface area contributed by atoms with Crippen LogP contribution in [0.4, 0.5) is 8.78 Å². The number of hydrogen-bond donors (Lipinski definition) is 1. The van der Waals surface area contributed by atoms with E-state index >= 15 is 0 Å². The topological polar surface area (TPSA) is 60.9 Å². The van der Waals surface area contributed by atoms with E-state index in [4.69, 9.17) is 5.11 Å². The van der Waals surface area contributed by atoms with Crippen molar-refractivity contribution in [2.75, 3.05) is 26.2 Å². The number of carbonyl (C=O) groups is 2. The van der Waals surface area contributed by atoms with Gasteiger partial charge in [-0.2, -0.15) is 0 Å². The number of nitrogens with zero attached hydrogens (tertiary/aromatic N) is 2. The lowest BCUT2D eigenvalue weighted by atomic mass is 10.1. The molecule has 1 amide bonds. The second-order valence-electron chi connectivity index (χ2n) is 4.94. The zero-order valence-electron chi connectivity index (χ0n) is 11.6. The fourth-order valence-corrected chi connectivity index (χ4v) is 2.33. The van der Waals surface area contributed by atoms with E-state index in [1.54, 1.807) is 11.8 Å². The molecule has 1 heterocycles. The minimum Gasteiger partial charge on any atom is -0.480 e. The van der Waals surface area contributed by atoms with E-state index in [1.165, 1.54) is 11.0 Å². The smallest absolute Gasteiger partial charge is 0.320 e. The summed E-state index contributed by atoms with van der Waals surface area (Å²) < 4.78 is 27.2. The van der Waals surface area contributed by atoms with Crippen LogP contribution in [0.2, 0.25) is 0 Å². The Morgan fingerprint density at radius 1 is 1.14 bits per heavy atom. The van der Waals surface area contributed by atoms with Gasteiger partial charge in [-0.05, 0) is 19.1 Å². The van der Waals surface area contributed by atoms with Crippen LogP contribution in [0.25, 0.3) is 0 Å². The molecule has 0 aliphatic carbocycles. The number of amides is 1. The maximum Gasteiger partial charge on any atom is 0.320 e. The average Bonchev–Trinajstić information content (AvgIpc) is 2.46. The number of hydrogen-bond acceptors (Lipinski definition) is 3. The number of aliphatic carboxylic acids is 1. The molecule has 5 nitrogen and oxygen atoms in total. The Bertz CT molecular complexity index is 537. The first-order valence-electron chi connectivity index (χ1n) is 6.62. The van der Waals surface area contributed by atoms with Gasteiger partial charge in [0.1, 0.15) is 23.2 Å². The van der Waals surface area contributed by atoms with Crippen LogP contribution in [0.15, 0.2) is 18.2 Å². The number of carboxylic acid groups (broad SMARTS) is 1. The van der Waals surface area contributed by atoms with Gasteiger partial charge in [0.25, 0.3) is 5.91 Å². The molecular weight excluding hydrogens is 282 g/mol. The van der Waals surface area contributed by atoms with E-state index in [0.717, 1.165) is 12.1 Å². The fraction of sp³-hybridized carbons (Fsp3) is 0.429. The number of carbonyl (C=O) groups excluding carboxylic acids is 1. The van der Waals surface area contributed by atoms with Gasteiger partial charge in [0.2, 0.25) is 0 Å². The van der Waals surface area contributed by atoms with E-state index in [1.807, 2.05) is 0 Å². The van der Waals surface area contributed by atoms with Gasteiger partial charge in [-0.15, -0.1) is 0 Å². The van der Waals surface area contributed by atoms with Crippen molar-refractivity contribution in [1.29, 1.82) is 0 Å². The highest BCUT2D eigenvalue weighted by Gasteiger charge is 2.29. The van der Waals surface area contributed by atoms with Gasteiger partial charge >= 0.3 is 5.97 Å². The van der Waals surface area contributed by atoms with Gasteiger partial charge < -0.3 is 10.0 Å². The minimum atomic E-state index is -0.935. The summed E-state index contributed by atoms with van der Waals surface area (Å²) in [6.07, 6.45) is 0. The summed E-state index contributed by atoms with van der Waals surface area (Å²) >= 11 is 0. The van der Waals surface area contributed by atoms with Gasteiger partial charge in [-0.1, -0.05) is 6.07 Å². The Hall–Kier alpha value is -2.02. The first-order chi connectivity index (χ1) is 9.91. The van der Waals surface area contributed by atoms with Crippen molar-refractivity contribution in [3.05, 3.63) is 35.4 Å². The molecule has 1 fully saturated rings. The van der Waals surface area contributed by atoms with Crippen LogP contribution in [0.1, 0.15) is 17.3 Å². The molecule has 1 aliphatic rings. The van der Waals surface area contributed by atoms with Gasteiger partial charge in [0, 0.05) is 26.2 Å². The van der Waals surface area contributed by atoms with Crippen molar-refractivity contribution in [3.8, 4) is 0 Å². The summed E-state index contributed by atoms with van der Waals surface area (Å²) in [5.41, 5.74) is -0.558. The quantitative estimate of drug-likeness (QED) is 0.911. The first kappa shape index (κ1) is 15.4. The normalized spacial score (nSPS) is 17.6. The Labute approximate surface area is 120 Å². The molecule has 1 saturated heterocycles. The summed E-state index contributed by atoms with van der Waals surface area (Å²) in [7, 11) is 0. The molecule has 7 heteroatoms. The number of carboxylic acids is 1. The molecule has 1 atom stereocenters.